The Morgan fingerprint density at radius 2 is 1.78 bits per heavy atom. The van der Waals surface area contributed by atoms with Gasteiger partial charge in [-0.1, -0.05) is 29.8 Å². The quantitative estimate of drug-likeness (QED) is 0.839. The van der Waals surface area contributed by atoms with Gasteiger partial charge in [0.25, 0.3) is 0 Å². The number of ether oxygens (including phenoxy) is 2. The summed E-state index contributed by atoms with van der Waals surface area (Å²) in [5.74, 6) is 0. The number of benzene rings is 1. The van der Waals surface area contributed by atoms with Crippen molar-refractivity contribution in [3.63, 3.8) is 0 Å². The van der Waals surface area contributed by atoms with Gasteiger partial charge in [0.05, 0.1) is 0 Å². The molecule has 0 radical (unpaired) electrons. The third kappa shape index (κ3) is 4.75. The van der Waals surface area contributed by atoms with Crippen LogP contribution in [0, 0.1) is 6.92 Å². The molecule has 1 N–H and O–H groups in total. The lowest BCUT2D eigenvalue weighted by Crippen LogP contribution is -2.35. The lowest BCUT2D eigenvalue weighted by Gasteiger charge is -2.23. The van der Waals surface area contributed by atoms with Crippen LogP contribution in [-0.2, 0) is 9.47 Å². The van der Waals surface area contributed by atoms with E-state index in [0.717, 1.165) is 11.1 Å². The summed E-state index contributed by atoms with van der Waals surface area (Å²) in [6, 6.07) is 7.78. The number of methoxy groups -OCH3 is 1. The Kier molecular flexibility index (Phi) is 4.73. The number of carbonyl (C=O) groups is 1. The largest absolute Gasteiger partial charge is 0.444 e. The Morgan fingerprint density at radius 1 is 1.22 bits per heavy atom. The Balaban J connectivity index is 2.68. The van der Waals surface area contributed by atoms with Crippen LogP contribution >= 0.6 is 0 Å². The fourth-order valence-electron chi connectivity index (χ4n) is 1.43. The molecule has 100 valence electrons. The predicted molar refractivity (Wildman–Crippen MR) is 70.3 cm³/mol. The van der Waals surface area contributed by atoms with Crippen LogP contribution in [0.3, 0.4) is 0 Å². The minimum Gasteiger partial charge on any atom is -0.444 e. The lowest BCUT2D eigenvalue weighted by atomic mass is 10.1. The summed E-state index contributed by atoms with van der Waals surface area (Å²) in [6.07, 6.45) is -0.990. The second-order valence-corrected chi connectivity index (χ2v) is 5.17. The van der Waals surface area contributed by atoms with Crippen LogP contribution in [0.15, 0.2) is 24.3 Å². The van der Waals surface area contributed by atoms with E-state index < -0.39 is 17.9 Å². The number of amides is 1. The van der Waals surface area contributed by atoms with Gasteiger partial charge in [-0.15, -0.1) is 0 Å². The maximum Gasteiger partial charge on any atom is 0.409 e. The maximum absolute atomic E-state index is 11.7. The van der Waals surface area contributed by atoms with Crippen LogP contribution in [0.1, 0.15) is 38.1 Å². The van der Waals surface area contributed by atoms with Gasteiger partial charge in [-0.3, -0.25) is 5.32 Å². The summed E-state index contributed by atoms with van der Waals surface area (Å²) in [5, 5.41) is 2.68. The topological polar surface area (TPSA) is 47.6 Å². The Bertz CT molecular complexity index is 392. The number of carbonyl (C=O) groups excluding carboxylic acids is 1. The van der Waals surface area contributed by atoms with Crippen LogP contribution in [0.25, 0.3) is 0 Å². The van der Waals surface area contributed by atoms with Gasteiger partial charge in [0, 0.05) is 12.7 Å². The van der Waals surface area contributed by atoms with Gasteiger partial charge >= 0.3 is 6.09 Å². The zero-order valence-electron chi connectivity index (χ0n) is 11.6. The lowest BCUT2D eigenvalue weighted by molar-refractivity contribution is 0.0231. The van der Waals surface area contributed by atoms with Crippen LogP contribution in [0.4, 0.5) is 4.79 Å². The van der Waals surface area contributed by atoms with Crippen LogP contribution in [0.2, 0.25) is 0 Å². The summed E-state index contributed by atoms with van der Waals surface area (Å²) >= 11 is 0. The van der Waals surface area contributed by atoms with E-state index in [2.05, 4.69) is 5.32 Å². The number of nitrogens with one attached hydrogen (secondary N) is 1. The number of hydrogen-bond donors (Lipinski definition) is 1. The summed E-state index contributed by atoms with van der Waals surface area (Å²) in [6.45, 7) is 7.47. The number of hydrogen-bond acceptors (Lipinski definition) is 3. The molecular formula is C14H21NO3. The molecular weight excluding hydrogens is 230 g/mol. The maximum atomic E-state index is 11.7. The number of rotatable bonds is 3. The molecule has 1 aromatic carbocycles. The van der Waals surface area contributed by atoms with Gasteiger partial charge in [-0.05, 0) is 27.7 Å². The highest BCUT2D eigenvalue weighted by molar-refractivity contribution is 5.68. The molecule has 0 fully saturated rings. The summed E-state index contributed by atoms with van der Waals surface area (Å²) in [4.78, 5) is 11.7. The first-order valence-corrected chi connectivity index (χ1v) is 5.91. The Morgan fingerprint density at radius 3 is 2.22 bits per heavy atom. The van der Waals surface area contributed by atoms with Gasteiger partial charge in [0.2, 0.25) is 0 Å². The minimum absolute atomic E-state index is 0.491. The van der Waals surface area contributed by atoms with E-state index in [1.807, 2.05) is 52.0 Å². The van der Waals surface area contributed by atoms with E-state index in [4.69, 9.17) is 9.47 Å². The molecule has 1 amide bonds. The average Bonchev–Trinajstić information content (AvgIpc) is 2.25. The minimum atomic E-state index is -0.518. The van der Waals surface area contributed by atoms with E-state index in [1.165, 1.54) is 0 Å². The van der Waals surface area contributed by atoms with Gasteiger partial charge in [0.15, 0.2) is 6.23 Å². The fourth-order valence-corrected chi connectivity index (χ4v) is 1.43. The molecule has 0 saturated carbocycles. The van der Waals surface area contributed by atoms with Crippen molar-refractivity contribution in [3.8, 4) is 0 Å². The summed E-state index contributed by atoms with van der Waals surface area (Å²) < 4.78 is 10.4. The third-order valence-corrected chi connectivity index (χ3v) is 2.26. The molecule has 0 aliphatic carbocycles. The molecule has 0 aliphatic heterocycles. The summed E-state index contributed by atoms with van der Waals surface area (Å²) in [7, 11) is 1.54. The molecule has 0 aromatic heterocycles. The smallest absolute Gasteiger partial charge is 0.409 e. The van der Waals surface area contributed by atoms with Crippen LogP contribution in [0.5, 0.6) is 0 Å². The highest BCUT2D eigenvalue weighted by Gasteiger charge is 2.20. The zero-order chi connectivity index (χ0) is 13.8. The van der Waals surface area contributed by atoms with Crippen molar-refractivity contribution in [2.75, 3.05) is 7.11 Å². The summed E-state index contributed by atoms with van der Waals surface area (Å²) in [5.41, 5.74) is 1.52. The molecule has 0 bridgehead atoms. The first kappa shape index (κ1) is 14.5. The molecule has 0 heterocycles. The van der Waals surface area contributed by atoms with Gasteiger partial charge in [-0.25, -0.2) is 4.79 Å². The van der Waals surface area contributed by atoms with Crippen molar-refractivity contribution in [1.29, 1.82) is 0 Å². The second-order valence-electron chi connectivity index (χ2n) is 5.17. The van der Waals surface area contributed by atoms with E-state index in [0.29, 0.717) is 0 Å². The van der Waals surface area contributed by atoms with Crippen molar-refractivity contribution in [3.05, 3.63) is 35.4 Å². The SMILES string of the molecule is COC(NC(=O)OC(C)(C)C)c1ccc(C)cc1. The van der Waals surface area contributed by atoms with E-state index in [1.54, 1.807) is 7.11 Å². The first-order chi connectivity index (χ1) is 8.31. The molecule has 4 nitrogen and oxygen atoms in total. The first-order valence-electron chi connectivity index (χ1n) is 5.91. The number of aryl methyl sites for hydroxylation is 1. The average molecular weight is 251 g/mol. The number of alkyl carbamates (subject to hydrolysis) is 1. The molecule has 1 atom stereocenters. The molecule has 1 rings (SSSR count). The molecule has 18 heavy (non-hydrogen) atoms. The zero-order valence-corrected chi connectivity index (χ0v) is 11.6. The Hall–Kier alpha value is -1.55. The standard InChI is InChI=1S/C14H21NO3/c1-10-6-8-11(9-7-10)12(17-5)15-13(16)18-14(2,3)4/h6-9,12H,1-5H3,(H,15,16). The van der Waals surface area contributed by atoms with Crippen molar-refractivity contribution in [2.45, 2.75) is 39.5 Å². The highest BCUT2D eigenvalue weighted by atomic mass is 16.6. The fraction of sp³-hybridized carbons (Fsp3) is 0.500. The molecule has 0 spiro atoms. The molecule has 4 heteroatoms. The molecule has 0 saturated heterocycles. The van der Waals surface area contributed by atoms with Gasteiger partial charge in [0.1, 0.15) is 5.60 Å². The molecule has 1 aromatic rings. The van der Waals surface area contributed by atoms with Crippen molar-refractivity contribution >= 4 is 6.09 Å². The predicted octanol–water partition coefficient (Wildman–Crippen LogP) is 3.16. The van der Waals surface area contributed by atoms with Crippen molar-refractivity contribution < 1.29 is 14.3 Å². The highest BCUT2D eigenvalue weighted by Crippen LogP contribution is 2.15. The van der Waals surface area contributed by atoms with E-state index in [9.17, 15) is 4.79 Å². The van der Waals surface area contributed by atoms with Gasteiger partial charge < -0.3 is 9.47 Å². The monoisotopic (exact) mass is 251 g/mol. The van der Waals surface area contributed by atoms with Crippen LogP contribution in [-0.4, -0.2) is 18.8 Å². The normalized spacial score (nSPS) is 12.9. The second kappa shape index (κ2) is 5.87. The molecule has 0 aliphatic rings. The van der Waals surface area contributed by atoms with Crippen LogP contribution < -0.4 is 5.32 Å². The van der Waals surface area contributed by atoms with Crippen molar-refractivity contribution in [2.24, 2.45) is 0 Å². The molecule has 1 unspecified atom stereocenters. The third-order valence-electron chi connectivity index (χ3n) is 2.26. The van der Waals surface area contributed by atoms with Gasteiger partial charge in [-0.2, -0.15) is 0 Å². The Labute approximate surface area is 108 Å². The van der Waals surface area contributed by atoms with E-state index >= 15 is 0 Å². The van der Waals surface area contributed by atoms with E-state index in [-0.39, 0.29) is 0 Å². The van der Waals surface area contributed by atoms with Crippen molar-refractivity contribution in [1.82, 2.24) is 5.32 Å².